The second kappa shape index (κ2) is 5.16. The van der Waals surface area contributed by atoms with Gasteiger partial charge < -0.3 is 5.11 Å². The predicted octanol–water partition coefficient (Wildman–Crippen LogP) is 1.85. The Morgan fingerprint density at radius 2 is 1.67 bits per heavy atom. The molecule has 1 N–H and O–H groups in total. The van der Waals surface area contributed by atoms with Crippen LogP contribution in [0.4, 0.5) is 4.79 Å². The van der Waals surface area contributed by atoms with Crippen LogP contribution in [-0.4, -0.2) is 26.8 Å². The number of amides is 1. The second-order valence-corrected chi connectivity index (χ2v) is 3.05. The molecule has 0 saturated heterocycles. The molecule has 3 nitrogen and oxygen atoms in total. The van der Waals surface area contributed by atoms with Gasteiger partial charge in [-0.1, -0.05) is 12.2 Å². The van der Waals surface area contributed by atoms with Gasteiger partial charge in [0.1, 0.15) is 0 Å². The van der Waals surface area contributed by atoms with Crippen LogP contribution >= 0.6 is 25.3 Å². The van der Waals surface area contributed by atoms with E-state index in [2.05, 4.69) is 38.4 Å². The summed E-state index contributed by atoms with van der Waals surface area (Å²) >= 11 is 7.98. The molecule has 0 aromatic heterocycles. The minimum Gasteiger partial charge on any atom is -0.465 e. The summed E-state index contributed by atoms with van der Waals surface area (Å²) < 4.78 is 0. The fraction of sp³-hybridized carbons (Fsp3) is 0.286. The van der Waals surface area contributed by atoms with E-state index >= 15 is 0 Å². The van der Waals surface area contributed by atoms with Crippen LogP contribution in [0.25, 0.3) is 0 Å². The van der Waals surface area contributed by atoms with E-state index in [0.29, 0.717) is 0 Å². The Morgan fingerprint density at radius 1 is 1.33 bits per heavy atom. The summed E-state index contributed by atoms with van der Waals surface area (Å²) in [5, 5.41) is 7.58. The van der Waals surface area contributed by atoms with E-state index < -0.39 is 16.8 Å². The summed E-state index contributed by atoms with van der Waals surface area (Å²) in [6, 6.07) is 0. The molecule has 2 atom stereocenters. The van der Waals surface area contributed by atoms with Gasteiger partial charge in [-0.05, 0) is 0 Å². The van der Waals surface area contributed by atoms with Gasteiger partial charge in [0.25, 0.3) is 0 Å². The largest absolute Gasteiger partial charge is 0.465 e. The van der Waals surface area contributed by atoms with E-state index in [9.17, 15) is 4.79 Å². The molecule has 5 heteroatoms. The summed E-state index contributed by atoms with van der Waals surface area (Å²) in [7, 11) is 0. The number of nitrogens with zero attached hydrogens (tertiary/aromatic N) is 1. The lowest BCUT2D eigenvalue weighted by Gasteiger charge is -2.26. The Kier molecular flexibility index (Phi) is 4.92. The molecule has 0 fully saturated rings. The van der Waals surface area contributed by atoms with Gasteiger partial charge in [-0.25, -0.2) is 4.79 Å². The lowest BCUT2D eigenvalue weighted by molar-refractivity contribution is 0.148. The maximum Gasteiger partial charge on any atom is 0.409 e. The average Bonchev–Trinajstić information content (AvgIpc) is 2.03. The summed E-state index contributed by atoms with van der Waals surface area (Å²) in [6.45, 7) is 6.86. The number of rotatable bonds is 4. The van der Waals surface area contributed by atoms with E-state index in [1.165, 1.54) is 12.2 Å². The van der Waals surface area contributed by atoms with Crippen molar-refractivity contribution in [2.75, 3.05) is 0 Å². The highest BCUT2D eigenvalue weighted by Gasteiger charge is 2.21. The first-order chi connectivity index (χ1) is 5.54. The van der Waals surface area contributed by atoms with Crippen molar-refractivity contribution in [3.8, 4) is 0 Å². The molecule has 0 bridgehead atoms. The molecule has 0 aromatic carbocycles. The summed E-state index contributed by atoms with van der Waals surface area (Å²) in [4.78, 5) is 11.7. The number of hydrogen-bond acceptors (Lipinski definition) is 3. The molecule has 68 valence electrons. The third-order valence-corrected chi connectivity index (χ3v) is 2.13. The number of thiol groups is 2. The molecule has 0 aliphatic rings. The van der Waals surface area contributed by atoms with Crippen molar-refractivity contribution < 1.29 is 9.90 Å². The van der Waals surface area contributed by atoms with Crippen LogP contribution in [0.3, 0.4) is 0 Å². The van der Waals surface area contributed by atoms with Crippen LogP contribution in [0.2, 0.25) is 0 Å². The third-order valence-electron chi connectivity index (χ3n) is 1.21. The molecule has 0 aliphatic heterocycles. The number of hydrogen-bond donors (Lipinski definition) is 3. The Bertz CT molecular complexity index is 182. The first kappa shape index (κ1) is 11.4. The fourth-order valence-corrected chi connectivity index (χ4v) is 1.20. The molecular formula is C7H11NO2S2. The third kappa shape index (κ3) is 2.83. The Morgan fingerprint density at radius 3 is 1.83 bits per heavy atom. The molecule has 0 aromatic rings. The molecule has 2 unspecified atom stereocenters. The first-order valence-corrected chi connectivity index (χ1v) is 4.20. The second-order valence-electron chi connectivity index (χ2n) is 1.99. The van der Waals surface area contributed by atoms with Crippen LogP contribution < -0.4 is 0 Å². The number of carboxylic acid groups (broad SMARTS) is 1. The highest BCUT2D eigenvalue weighted by Crippen LogP contribution is 2.14. The maximum absolute atomic E-state index is 10.6. The zero-order chi connectivity index (χ0) is 9.72. The summed E-state index contributed by atoms with van der Waals surface area (Å²) in [5.41, 5.74) is 0. The lowest BCUT2D eigenvalue weighted by atomic mass is 10.4. The molecule has 0 radical (unpaired) electrons. The van der Waals surface area contributed by atoms with Crippen LogP contribution in [0.15, 0.2) is 25.3 Å². The van der Waals surface area contributed by atoms with E-state index in [1.54, 1.807) is 0 Å². The minimum atomic E-state index is -1.10. The molecule has 0 heterocycles. The number of carbonyl (C=O) groups is 1. The zero-order valence-corrected chi connectivity index (χ0v) is 8.21. The van der Waals surface area contributed by atoms with Gasteiger partial charge in [0.2, 0.25) is 0 Å². The van der Waals surface area contributed by atoms with Gasteiger partial charge in [0.15, 0.2) is 0 Å². The van der Waals surface area contributed by atoms with Gasteiger partial charge in [-0.3, -0.25) is 4.90 Å². The van der Waals surface area contributed by atoms with Gasteiger partial charge in [-0.15, -0.1) is 13.2 Å². The molecule has 0 aliphatic carbocycles. The van der Waals surface area contributed by atoms with Crippen molar-refractivity contribution in [3.63, 3.8) is 0 Å². The van der Waals surface area contributed by atoms with Crippen molar-refractivity contribution in [1.82, 2.24) is 4.90 Å². The van der Waals surface area contributed by atoms with Gasteiger partial charge in [0, 0.05) is 0 Å². The summed E-state index contributed by atoms with van der Waals surface area (Å²) in [6.07, 6.45) is 1.71. The Labute approximate surface area is 82.6 Å². The molecular weight excluding hydrogens is 194 g/mol. The molecule has 1 amide bonds. The Hall–Kier alpha value is -0.550. The van der Waals surface area contributed by atoms with Crippen LogP contribution in [0.1, 0.15) is 0 Å². The van der Waals surface area contributed by atoms with E-state index in [0.717, 1.165) is 4.90 Å². The van der Waals surface area contributed by atoms with Crippen molar-refractivity contribution in [3.05, 3.63) is 25.3 Å². The van der Waals surface area contributed by atoms with Gasteiger partial charge >= 0.3 is 6.09 Å². The molecule has 0 saturated carbocycles. The molecule has 0 rings (SSSR count). The van der Waals surface area contributed by atoms with E-state index in [4.69, 9.17) is 5.11 Å². The minimum absolute atomic E-state index is 0.567. The van der Waals surface area contributed by atoms with E-state index in [1.807, 2.05) is 0 Å². The average molecular weight is 205 g/mol. The molecule has 0 spiro atoms. The smallest absolute Gasteiger partial charge is 0.409 e. The van der Waals surface area contributed by atoms with Gasteiger partial charge in [-0.2, -0.15) is 25.3 Å². The highest BCUT2D eigenvalue weighted by atomic mass is 32.1. The van der Waals surface area contributed by atoms with Gasteiger partial charge in [0.05, 0.1) is 10.7 Å². The lowest BCUT2D eigenvalue weighted by Crippen LogP contribution is -2.39. The Balaban J connectivity index is 4.52. The van der Waals surface area contributed by atoms with Crippen molar-refractivity contribution in [1.29, 1.82) is 0 Å². The van der Waals surface area contributed by atoms with Crippen LogP contribution in [0, 0.1) is 0 Å². The van der Waals surface area contributed by atoms with E-state index in [-0.39, 0.29) is 0 Å². The maximum atomic E-state index is 10.6. The highest BCUT2D eigenvalue weighted by molar-refractivity contribution is 7.82. The van der Waals surface area contributed by atoms with Crippen molar-refractivity contribution in [2.24, 2.45) is 0 Å². The fourth-order valence-electron chi connectivity index (χ4n) is 0.610. The van der Waals surface area contributed by atoms with Crippen LogP contribution in [0.5, 0.6) is 0 Å². The standard InChI is InChI=1S/C7H11NO2S2/c1-3-5(11)8(7(9)10)6(12)4-2/h3-6,11-12H,1-2H2,(H,9,10). The first-order valence-electron chi connectivity index (χ1n) is 3.17. The normalized spacial score (nSPS) is 14.5. The van der Waals surface area contributed by atoms with Crippen molar-refractivity contribution in [2.45, 2.75) is 10.7 Å². The molecule has 12 heavy (non-hydrogen) atoms. The summed E-state index contributed by atoms with van der Waals surface area (Å²) in [5.74, 6) is 0. The van der Waals surface area contributed by atoms with Crippen molar-refractivity contribution >= 4 is 31.4 Å². The van der Waals surface area contributed by atoms with Crippen LogP contribution in [-0.2, 0) is 0 Å². The SMILES string of the molecule is C=CC(S)N(C(=O)O)C(S)C=C. The quantitative estimate of drug-likeness (QED) is 0.372. The monoisotopic (exact) mass is 205 g/mol. The predicted molar refractivity (Wildman–Crippen MR) is 55.8 cm³/mol. The topological polar surface area (TPSA) is 40.5 Å². The zero-order valence-electron chi connectivity index (χ0n) is 6.42.